The maximum Gasteiger partial charge on any atom is 0.240 e. The van der Waals surface area contributed by atoms with E-state index in [2.05, 4.69) is 10.3 Å². The first kappa shape index (κ1) is 16.3. The molecule has 2 aromatic carbocycles. The van der Waals surface area contributed by atoms with Gasteiger partial charge in [-0.3, -0.25) is 9.80 Å². The van der Waals surface area contributed by atoms with Gasteiger partial charge in [0.15, 0.2) is 5.82 Å². The van der Waals surface area contributed by atoms with Gasteiger partial charge in [0.25, 0.3) is 0 Å². The first-order chi connectivity index (χ1) is 12.5. The Labute approximate surface area is 150 Å². The molecule has 0 radical (unpaired) electrons. The van der Waals surface area contributed by atoms with Crippen molar-refractivity contribution in [1.82, 2.24) is 14.9 Å². The largest absolute Gasteiger partial charge is 0.347 e. The quantitative estimate of drug-likeness (QED) is 0.562. The molecule has 1 aromatic heterocycles. The minimum absolute atomic E-state index is 0.0980. The van der Waals surface area contributed by atoms with Crippen LogP contribution in [0, 0.1) is 12.7 Å². The van der Waals surface area contributed by atoms with E-state index >= 15 is 0 Å². The van der Waals surface area contributed by atoms with E-state index in [4.69, 9.17) is 5.84 Å². The van der Waals surface area contributed by atoms with E-state index in [1.165, 1.54) is 17.1 Å². The summed E-state index contributed by atoms with van der Waals surface area (Å²) in [6.07, 6.45) is 0. The molecule has 1 aliphatic heterocycles. The molecule has 26 heavy (non-hydrogen) atoms. The first-order valence-electron chi connectivity index (χ1n) is 8.26. The molecule has 0 unspecified atom stereocenters. The van der Waals surface area contributed by atoms with E-state index in [-0.39, 0.29) is 18.3 Å². The standard InChI is InChI=1S/C19H18FN5O/c1-12-2-8-15(9-3-12)25(21)19-18(13-4-6-14(20)7-5-13)23-16-10-22-17(26)11-24(16)19/h2-9H,10-11,21H2,1H3,(H,22,26). The lowest BCUT2D eigenvalue weighted by molar-refractivity contribution is -0.122. The number of hydrazine groups is 1. The molecular formula is C19H18FN5O. The number of rotatable bonds is 3. The Bertz CT molecular complexity index is 963. The lowest BCUT2D eigenvalue weighted by Crippen LogP contribution is -2.37. The van der Waals surface area contributed by atoms with Gasteiger partial charge in [-0.25, -0.2) is 15.2 Å². The van der Waals surface area contributed by atoms with Crippen molar-refractivity contribution >= 4 is 17.4 Å². The number of hydrogen-bond acceptors (Lipinski definition) is 4. The number of aromatic nitrogens is 2. The van der Waals surface area contributed by atoms with Crippen LogP contribution in [0.5, 0.6) is 0 Å². The molecule has 2 heterocycles. The topological polar surface area (TPSA) is 76.2 Å². The molecule has 0 bridgehead atoms. The number of hydrogen-bond donors (Lipinski definition) is 2. The van der Waals surface area contributed by atoms with E-state index in [1.54, 1.807) is 16.7 Å². The van der Waals surface area contributed by atoms with Gasteiger partial charge < -0.3 is 9.88 Å². The monoisotopic (exact) mass is 351 g/mol. The molecule has 0 fully saturated rings. The molecule has 6 nitrogen and oxygen atoms in total. The minimum atomic E-state index is -0.320. The third-order valence-electron chi connectivity index (χ3n) is 4.42. The molecule has 132 valence electrons. The molecule has 0 spiro atoms. The summed E-state index contributed by atoms with van der Waals surface area (Å²) in [5.41, 5.74) is 3.24. The number of nitrogens with one attached hydrogen (secondary N) is 1. The first-order valence-corrected chi connectivity index (χ1v) is 8.26. The summed E-state index contributed by atoms with van der Waals surface area (Å²) in [6.45, 7) is 2.47. The molecule has 0 atom stereocenters. The van der Waals surface area contributed by atoms with Crippen LogP contribution in [0.15, 0.2) is 48.5 Å². The summed E-state index contributed by atoms with van der Waals surface area (Å²) in [5, 5.41) is 4.30. The molecule has 0 saturated carbocycles. The number of benzene rings is 2. The SMILES string of the molecule is Cc1ccc(N(N)c2c(-c3ccc(F)cc3)nc3n2CC(=O)NC3)cc1. The summed E-state index contributed by atoms with van der Waals surface area (Å²) in [5.74, 6) is 7.31. The van der Waals surface area contributed by atoms with Gasteiger partial charge >= 0.3 is 0 Å². The van der Waals surface area contributed by atoms with Gasteiger partial charge in [0.05, 0.1) is 12.2 Å². The van der Waals surface area contributed by atoms with Crippen LogP contribution < -0.4 is 16.2 Å². The molecule has 7 heteroatoms. The highest BCUT2D eigenvalue weighted by Crippen LogP contribution is 2.35. The lowest BCUT2D eigenvalue weighted by atomic mass is 10.1. The third kappa shape index (κ3) is 2.82. The van der Waals surface area contributed by atoms with Crippen LogP contribution in [0.25, 0.3) is 11.3 Å². The maximum atomic E-state index is 13.3. The van der Waals surface area contributed by atoms with Crippen molar-refractivity contribution in [3.05, 3.63) is 65.7 Å². The highest BCUT2D eigenvalue weighted by molar-refractivity contribution is 5.82. The average Bonchev–Trinajstić information content (AvgIpc) is 3.01. The Balaban J connectivity index is 1.87. The fourth-order valence-corrected chi connectivity index (χ4v) is 3.04. The predicted molar refractivity (Wildman–Crippen MR) is 97.0 cm³/mol. The second kappa shape index (κ2) is 6.27. The van der Waals surface area contributed by atoms with Crippen molar-refractivity contribution < 1.29 is 9.18 Å². The molecule has 3 aromatic rings. The van der Waals surface area contributed by atoms with E-state index in [0.717, 1.165) is 16.8 Å². The summed E-state index contributed by atoms with van der Waals surface area (Å²) in [7, 11) is 0. The number of fused-ring (bicyclic) bond motifs is 1. The molecule has 1 amide bonds. The van der Waals surface area contributed by atoms with Gasteiger partial charge in [0.2, 0.25) is 5.91 Å². The number of amides is 1. The number of imidazole rings is 1. The minimum Gasteiger partial charge on any atom is -0.347 e. The van der Waals surface area contributed by atoms with Gasteiger partial charge in [-0.15, -0.1) is 0 Å². The molecule has 0 saturated heterocycles. The van der Waals surface area contributed by atoms with Gasteiger partial charge in [-0.05, 0) is 43.3 Å². The Morgan fingerprint density at radius 2 is 1.85 bits per heavy atom. The molecule has 0 aliphatic carbocycles. The van der Waals surface area contributed by atoms with Crippen molar-refractivity contribution in [2.75, 3.05) is 5.01 Å². The zero-order valence-corrected chi connectivity index (χ0v) is 14.2. The number of anilines is 2. The molecule has 1 aliphatic rings. The molecule has 4 rings (SSSR count). The van der Waals surface area contributed by atoms with Crippen molar-refractivity contribution in [3.63, 3.8) is 0 Å². The number of aryl methyl sites for hydroxylation is 1. The van der Waals surface area contributed by atoms with Crippen molar-refractivity contribution in [1.29, 1.82) is 0 Å². The number of carbonyl (C=O) groups is 1. The van der Waals surface area contributed by atoms with Gasteiger partial charge in [-0.1, -0.05) is 17.7 Å². The smallest absolute Gasteiger partial charge is 0.240 e. The summed E-state index contributed by atoms with van der Waals surface area (Å²) in [4.78, 5) is 16.6. The van der Waals surface area contributed by atoms with Gasteiger partial charge in [-0.2, -0.15) is 0 Å². The lowest BCUT2D eigenvalue weighted by Gasteiger charge is -2.24. The van der Waals surface area contributed by atoms with Crippen LogP contribution in [0.4, 0.5) is 15.9 Å². The van der Waals surface area contributed by atoms with Crippen LogP contribution in [0.1, 0.15) is 11.4 Å². The van der Waals surface area contributed by atoms with E-state index in [9.17, 15) is 9.18 Å². The average molecular weight is 351 g/mol. The summed E-state index contributed by atoms with van der Waals surface area (Å²) in [6, 6.07) is 13.8. The van der Waals surface area contributed by atoms with Crippen LogP contribution in [-0.2, 0) is 17.9 Å². The zero-order valence-electron chi connectivity index (χ0n) is 14.2. The predicted octanol–water partition coefficient (Wildman–Crippen LogP) is 2.64. The van der Waals surface area contributed by atoms with Crippen LogP contribution in [-0.4, -0.2) is 15.5 Å². The third-order valence-corrected chi connectivity index (χ3v) is 4.42. The van der Waals surface area contributed by atoms with E-state index < -0.39 is 0 Å². The summed E-state index contributed by atoms with van der Waals surface area (Å²) >= 11 is 0. The second-order valence-electron chi connectivity index (χ2n) is 6.28. The Hall–Kier alpha value is -3.19. The Kier molecular flexibility index (Phi) is 3.93. The normalized spacial score (nSPS) is 13.3. The van der Waals surface area contributed by atoms with Crippen molar-refractivity contribution in [3.8, 4) is 11.3 Å². The number of nitrogens with zero attached hydrogens (tertiary/aromatic N) is 3. The zero-order chi connectivity index (χ0) is 18.3. The number of halogens is 1. The van der Waals surface area contributed by atoms with E-state index in [1.807, 2.05) is 31.2 Å². The van der Waals surface area contributed by atoms with Crippen molar-refractivity contribution in [2.45, 2.75) is 20.0 Å². The van der Waals surface area contributed by atoms with Gasteiger partial charge in [0.1, 0.15) is 23.9 Å². The molecular weight excluding hydrogens is 333 g/mol. The number of carbonyl (C=O) groups excluding carboxylic acids is 1. The molecule has 3 N–H and O–H groups in total. The Morgan fingerprint density at radius 1 is 1.15 bits per heavy atom. The second-order valence-corrected chi connectivity index (χ2v) is 6.28. The van der Waals surface area contributed by atoms with Gasteiger partial charge in [0, 0.05) is 5.56 Å². The van der Waals surface area contributed by atoms with E-state index in [0.29, 0.717) is 23.9 Å². The van der Waals surface area contributed by atoms with Crippen LogP contribution in [0.3, 0.4) is 0 Å². The Morgan fingerprint density at radius 3 is 2.54 bits per heavy atom. The van der Waals surface area contributed by atoms with Crippen LogP contribution >= 0.6 is 0 Å². The van der Waals surface area contributed by atoms with Crippen molar-refractivity contribution in [2.24, 2.45) is 5.84 Å². The highest BCUT2D eigenvalue weighted by atomic mass is 19.1. The highest BCUT2D eigenvalue weighted by Gasteiger charge is 2.27. The van der Waals surface area contributed by atoms with Crippen LogP contribution in [0.2, 0.25) is 0 Å². The fraction of sp³-hybridized carbons (Fsp3) is 0.158. The number of nitrogens with two attached hydrogens (primary N) is 1. The summed E-state index contributed by atoms with van der Waals surface area (Å²) < 4.78 is 15.1. The maximum absolute atomic E-state index is 13.3. The fourth-order valence-electron chi connectivity index (χ4n) is 3.04.